The first-order valence-corrected chi connectivity index (χ1v) is 10.0. The van der Waals surface area contributed by atoms with E-state index in [0.29, 0.717) is 18.2 Å². The molecule has 1 N–H and O–H groups in total. The Morgan fingerprint density at radius 1 is 1.10 bits per heavy atom. The molecule has 4 aromatic rings. The van der Waals surface area contributed by atoms with Gasteiger partial charge in [-0.05, 0) is 54.1 Å². The molecule has 0 amide bonds. The van der Waals surface area contributed by atoms with Crippen molar-refractivity contribution in [3.63, 3.8) is 0 Å². The molecule has 29 heavy (non-hydrogen) atoms. The summed E-state index contributed by atoms with van der Waals surface area (Å²) in [5.41, 5.74) is 3.08. The first-order chi connectivity index (χ1) is 14.0. The topological polar surface area (TPSA) is 64.3 Å². The van der Waals surface area contributed by atoms with E-state index in [0.717, 1.165) is 32.3 Å². The molecular formula is C22H16BrClN2O3. The van der Waals surface area contributed by atoms with Gasteiger partial charge in [-0.3, -0.25) is 4.68 Å². The molecule has 0 aliphatic carbocycles. The number of hydrogen-bond donors (Lipinski definition) is 1. The standard InChI is InChI=1S/C22H16BrClN2O3/c23-18-4-8-21(29-13-14-1-5-19(24)6-2-14)17(10-18)12-26-20-7-3-15(22(27)28)9-16(20)11-25-26/h1-11H,12-13H2,(H,27,28). The monoisotopic (exact) mass is 470 g/mol. The number of carboxylic acids is 1. The van der Waals surface area contributed by atoms with Gasteiger partial charge in [-0.2, -0.15) is 5.10 Å². The average Bonchev–Trinajstić information content (AvgIpc) is 3.11. The van der Waals surface area contributed by atoms with Gasteiger partial charge in [0.2, 0.25) is 0 Å². The van der Waals surface area contributed by atoms with Crippen molar-refractivity contribution < 1.29 is 14.6 Å². The Hall–Kier alpha value is -2.83. The zero-order chi connectivity index (χ0) is 20.4. The number of benzene rings is 3. The summed E-state index contributed by atoms with van der Waals surface area (Å²) in [5.74, 6) is -0.196. The zero-order valence-electron chi connectivity index (χ0n) is 15.2. The summed E-state index contributed by atoms with van der Waals surface area (Å²) < 4.78 is 8.82. The Kier molecular flexibility index (Phi) is 5.56. The molecule has 0 aliphatic heterocycles. The minimum atomic E-state index is -0.954. The predicted octanol–water partition coefficient (Wildman–Crippen LogP) is 5.78. The molecule has 0 unspecified atom stereocenters. The van der Waals surface area contributed by atoms with Crippen LogP contribution in [0.5, 0.6) is 5.75 Å². The Bertz CT molecular complexity index is 1190. The lowest BCUT2D eigenvalue weighted by Crippen LogP contribution is -2.05. The maximum Gasteiger partial charge on any atom is 0.335 e. The highest BCUT2D eigenvalue weighted by Crippen LogP contribution is 2.27. The number of hydrogen-bond acceptors (Lipinski definition) is 3. The molecule has 4 rings (SSSR count). The summed E-state index contributed by atoms with van der Waals surface area (Å²) in [6, 6.07) is 18.4. The maximum atomic E-state index is 11.2. The second-order valence-electron chi connectivity index (χ2n) is 6.55. The summed E-state index contributed by atoms with van der Waals surface area (Å²) in [6.07, 6.45) is 1.67. The van der Waals surface area contributed by atoms with E-state index >= 15 is 0 Å². The van der Waals surface area contributed by atoms with Gasteiger partial charge in [-0.25, -0.2) is 4.79 Å². The van der Waals surface area contributed by atoms with E-state index in [1.54, 1.807) is 24.4 Å². The van der Waals surface area contributed by atoms with E-state index < -0.39 is 5.97 Å². The van der Waals surface area contributed by atoms with Gasteiger partial charge in [0.1, 0.15) is 12.4 Å². The van der Waals surface area contributed by atoms with Gasteiger partial charge in [0.15, 0.2) is 0 Å². The zero-order valence-corrected chi connectivity index (χ0v) is 17.5. The largest absolute Gasteiger partial charge is 0.489 e. The molecule has 1 heterocycles. The molecule has 0 saturated heterocycles. The lowest BCUT2D eigenvalue weighted by Gasteiger charge is -2.13. The van der Waals surface area contributed by atoms with Crippen molar-refractivity contribution >= 4 is 44.4 Å². The number of ether oxygens (including phenoxy) is 1. The molecule has 0 fully saturated rings. The molecule has 0 saturated carbocycles. The molecule has 5 nitrogen and oxygen atoms in total. The number of halogens is 2. The smallest absolute Gasteiger partial charge is 0.335 e. The summed E-state index contributed by atoms with van der Waals surface area (Å²) in [7, 11) is 0. The Morgan fingerprint density at radius 3 is 2.66 bits per heavy atom. The van der Waals surface area contributed by atoms with Crippen molar-refractivity contribution in [2.24, 2.45) is 0 Å². The Balaban J connectivity index is 1.60. The summed E-state index contributed by atoms with van der Waals surface area (Å²) in [4.78, 5) is 11.2. The van der Waals surface area contributed by atoms with Gasteiger partial charge in [0, 0.05) is 20.4 Å². The quantitative estimate of drug-likeness (QED) is 0.387. The molecule has 0 bridgehead atoms. The summed E-state index contributed by atoms with van der Waals surface area (Å²) in [6.45, 7) is 0.916. The van der Waals surface area contributed by atoms with E-state index in [1.165, 1.54) is 0 Å². The van der Waals surface area contributed by atoms with Gasteiger partial charge in [0.05, 0.1) is 23.8 Å². The normalized spacial score (nSPS) is 11.0. The van der Waals surface area contributed by atoms with Crippen LogP contribution in [0.3, 0.4) is 0 Å². The molecule has 0 spiro atoms. The number of aromatic carboxylic acids is 1. The van der Waals surface area contributed by atoms with Crippen molar-refractivity contribution in [1.82, 2.24) is 9.78 Å². The molecular weight excluding hydrogens is 456 g/mol. The minimum Gasteiger partial charge on any atom is -0.489 e. The van der Waals surface area contributed by atoms with Crippen LogP contribution in [0, 0.1) is 0 Å². The number of nitrogens with zero attached hydrogens (tertiary/aromatic N) is 2. The fraction of sp³-hybridized carbons (Fsp3) is 0.0909. The highest BCUT2D eigenvalue weighted by Gasteiger charge is 2.11. The molecule has 3 aromatic carbocycles. The third-order valence-corrected chi connectivity index (χ3v) is 5.28. The highest BCUT2D eigenvalue weighted by atomic mass is 79.9. The van der Waals surface area contributed by atoms with Crippen LogP contribution in [0.1, 0.15) is 21.5 Å². The lowest BCUT2D eigenvalue weighted by molar-refractivity contribution is 0.0697. The fourth-order valence-electron chi connectivity index (χ4n) is 3.06. The van der Waals surface area contributed by atoms with Crippen LogP contribution in [0.4, 0.5) is 0 Å². The Labute approximate surface area is 180 Å². The van der Waals surface area contributed by atoms with Crippen LogP contribution in [0.25, 0.3) is 10.9 Å². The molecule has 7 heteroatoms. The van der Waals surface area contributed by atoms with Gasteiger partial charge >= 0.3 is 5.97 Å². The number of carbonyl (C=O) groups is 1. The van der Waals surface area contributed by atoms with Gasteiger partial charge in [-0.1, -0.05) is 39.7 Å². The first kappa shape index (κ1) is 19.5. The van der Waals surface area contributed by atoms with Crippen LogP contribution in [-0.4, -0.2) is 20.9 Å². The number of carboxylic acid groups (broad SMARTS) is 1. The SMILES string of the molecule is O=C(O)c1ccc2c(cnn2Cc2cc(Br)ccc2OCc2ccc(Cl)cc2)c1. The van der Waals surface area contributed by atoms with Crippen LogP contribution < -0.4 is 4.74 Å². The van der Waals surface area contributed by atoms with Gasteiger partial charge in [-0.15, -0.1) is 0 Å². The van der Waals surface area contributed by atoms with Crippen molar-refractivity contribution in [2.75, 3.05) is 0 Å². The van der Waals surface area contributed by atoms with E-state index in [4.69, 9.17) is 21.4 Å². The van der Waals surface area contributed by atoms with Crippen molar-refractivity contribution in [1.29, 1.82) is 0 Å². The number of aromatic nitrogens is 2. The summed E-state index contributed by atoms with van der Waals surface area (Å²) in [5, 5.41) is 15.1. The van der Waals surface area contributed by atoms with Crippen LogP contribution in [-0.2, 0) is 13.2 Å². The third kappa shape index (κ3) is 4.44. The maximum absolute atomic E-state index is 11.2. The van der Waals surface area contributed by atoms with Crippen molar-refractivity contribution in [3.05, 3.63) is 93.0 Å². The van der Waals surface area contributed by atoms with Crippen LogP contribution >= 0.6 is 27.5 Å². The van der Waals surface area contributed by atoms with Gasteiger partial charge in [0.25, 0.3) is 0 Å². The molecule has 0 aliphatic rings. The predicted molar refractivity (Wildman–Crippen MR) is 116 cm³/mol. The van der Waals surface area contributed by atoms with E-state index in [1.807, 2.05) is 47.1 Å². The van der Waals surface area contributed by atoms with Crippen LogP contribution in [0.15, 0.2) is 71.3 Å². The molecule has 146 valence electrons. The lowest BCUT2D eigenvalue weighted by atomic mass is 10.1. The second-order valence-corrected chi connectivity index (χ2v) is 7.90. The van der Waals surface area contributed by atoms with Crippen LogP contribution in [0.2, 0.25) is 5.02 Å². The summed E-state index contributed by atoms with van der Waals surface area (Å²) >= 11 is 9.45. The minimum absolute atomic E-state index is 0.242. The van der Waals surface area contributed by atoms with E-state index in [2.05, 4.69) is 21.0 Å². The third-order valence-electron chi connectivity index (χ3n) is 4.54. The Morgan fingerprint density at radius 2 is 1.90 bits per heavy atom. The second kappa shape index (κ2) is 8.27. The van der Waals surface area contributed by atoms with E-state index in [-0.39, 0.29) is 5.56 Å². The van der Waals surface area contributed by atoms with Crippen molar-refractivity contribution in [2.45, 2.75) is 13.2 Å². The molecule has 1 aromatic heterocycles. The number of rotatable bonds is 6. The van der Waals surface area contributed by atoms with E-state index in [9.17, 15) is 4.79 Å². The molecule has 0 atom stereocenters. The fourth-order valence-corrected chi connectivity index (χ4v) is 3.60. The number of fused-ring (bicyclic) bond motifs is 1. The van der Waals surface area contributed by atoms with Crippen molar-refractivity contribution in [3.8, 4) is 5.75 Å². The average molecular weight is 472 g/mol. The highest BCUT2D eigenvalue weighted by molar-refractivity contribution is 9.10. The first-order valence-electron chi connectivity index (χ1n) is 8.84. The molecule has 0 radical (unpaired) electrons. The van der Waals surface area contributed by atoms with Gasteiger partial charge < -0.3 is 9.84 Å².